The molecule has 0 saturated heterocycles. The van der Waals surface area contributed by atoms with E-state index in [0.29, 0.717) is 0 Å². The van der Waals surface area contributed by atoms with Gasteiger partial charge in [-0.3, -0.25) is 9.59 Å². The number of amides is 2. The van der Waals surface area contributed by atoms with Crippen molar-refractivity contribution in [2.45, 2.75) is 26.2 Å². The Bertz CT molecular complexity index is 963. The third kappa shape index (κ3) is 6.77. The zero-order valence-electron chi connectivity index (χ0n) is 17.4. The average molecular weight is 478 g/mol. The van der Waals surface area contributed by atoms with E-state index in [1.165, 1.54) is 19.1 Å². The summed E-state index contributed by atoms with van der Waals surface area (Å²) in [7, 11) is 0. The molecule has 180 valence electrons. The molecule has 2 rings (SSSR count). The highest BCUT2D eigenvalue weighted by atomic mass is 19.4. The van der Waals surface area contributed by atoms with Gasteiger partial charge in [-0.05, 0) is 26.0 Å². The van der Waals surface area contributed by atoms with E-state index in [9.17, 15) is 35.9 Å². The van der Waals surface area contributed by atoms with Gasteiger partial charge >= 0.3 is 12.4 Å². The van der Waals surface area contributed by atoms with Crippen LogP contribution >= 0.6 is 0 Å². The van der Waals surface area contributed by atoms with Gasteiger partial charge in [0.1, 0.15) is 11.5 Å². The number of ether oxygens (including phenoxy) is 2. The molecule has 2 amide bonds. The molecular formula is C21H20F6N2O4. The van der Waals surface area contributed by atoms with Gasteiger partial charge < -0.3 is 20.1 Å². The fraction of sp³-hybridized carbons (Fsp3) is 0.333. The van der Waals surface area contributed by atoms with Gasteiger partial charge in [0.25, 0.3) is 5.91 Å². The minimum atomic E-state index is -5.86. The van der Waals surface area contributed by atoms with Crippen molar-refractivity contribution < 1.29 is 45.4 Å². The van der Waals surface area contributed by atoms with E-state index in [0.717, 1.165) is 12.1 Å². The summed E-state index contributed by atoms with van der Waals surface area (Å²) in [5, 5.41) is 4.17. The summed E-state index contributed by atoms with van der Waals surface area (Å²) in [6.07, 6.45) is -11.7. The highest BCUT2D eigenvalue weighted by molar-refractivity contribution is 6.05. The van der Waals surface area contributed by atoms with Crippen LogP contribution in [-0.2, 0) is 4.79 Å². The maximum Gasteiger partial charge on any atom is 0.409 e. The summed E-state index contributed by atoms with van der Waals surface area (Å²) in [6, 6.07) is 10.1. The number of benzene rings is 2. The number of hydrogen-bond acceptors (Lipinski definition) is 4. The third-order valence-corrected chi connectivity index (χ3v) is 4.14. The lowest BCUT2D eigenvalue weighted by molar-refractivity contribution is -0.272. The number of carbonyl (C=O) groups is 2. The van der Waals surface area contributed by atoms with E-state index >= 15 is 0 Å². The first-order valence-corrected chi connectivity index (χ1v) is 9.62. The molecule has 6 nitrogen and oxygen atoms in total. The Morgan fingerprint density at radius 2 is 1.27 bits per heavy atom. The summed E-state index contributed by atoms with van der Waals surface area (Å²) < 4.78 is 88.0. The number of hydrogen-bond donors (Lipinski definition) is 2. The topological polar surface area (TPSA) is 76.7 Å². The Labute approximate surface area is 184 Å². The molecule has 0 atom stereocenters. The molecule has 0 spiro atoms. The van der Waals surface area contributed by atoms with Crippen LogP contribution in [0, 0.1) is 5.92 Å². The predicted octanol–water partition coefficient (Wildman–Crippen LogP) is 5.42. The molecule has 2 N–H and O–H groups in total. The molecule has 0 aliphatic rings. The van der Waals surface area contributed by atoms with Crippen molar-refractivity contribution in [2.75, 3.05) is 23.8 Å². The summed E-state index contributed by atoms with van der Waals surface area (Å²) in [4.78, 5) is 24.4. The number of nitrogens with one attached hydrogen (secondary N) is 2. The van der Waals surface area contributed by atoms with Gasteiger partial charge in [-0.2, -0.15) is 26.3 Å². The van der Waals surface area contributed by atoms with Crippen molar-refractivity contribution in [3.05, 3.63) is 48.0 Å². The van der Waals surface area contributed by atoms with E-state index < -0.39 is 35.8 Å². The molecule has 0 fully saturated rings. The van der Waals surface area contributed by atoms with Gasteiger partial charge in [0, 0.05) is 17.7 Å². The van der Waals surface area contributed by atoms with Gasteiger partial charge in [0.2, 0.25) is 11.8 Å². The minimum absolute atomic E-state index is 0.0368. The van der Waals surface area contributed by atoms with Crippen molar-refractivity contribution in [3.63, 3.8) is 0 Å². The van der Waals surface area contributed by atoms with E-state index in [1.807, 2.05) is 0 Å². The predicted molar refractivity (Wildman–Crippen MR) is 107 cm³/mol. The van der Waals surface area contributed by atoms with Crippen LogP contribution in [0.2, 0.25) is 0 Å². The van der Waals surface area contributed by atoms with Gasteiger partial charge in [-0.15, -0.1) is 0 Å². The Balaban J connectivity index is 2.45. The smallest absolute Gasteiger partial charge is 0.409 e. The fourth-order valence-electron chi connectivity index (χ4n) is 2.78. The molecule has 0 aromatic heterocycles. The number of halogens is 6. The van der Waals surface area contributed by atoms with Crippen LogP contribution in [0.1, 0.15) is 24.2 Å². The van der Waals surface area contributed by atoms with Crippen molar-refractivity contribution in [1.29, 1.82) is 0 Å². The molecule has 2 aromatic carbocycles. The third-order valence-electron chi connectivity index (χ3n) is 4.14. The SMILES string of the molecule is CCOc1cc(NC(=O)C(C(F)(F)F)C(F)(F)F)c(OCC)cc1NC(=O)c1ccccc1. The van der Waals surface area contributed by atoms with Crippen LogP contribution in [0.3, 0.4) is 0 Å². The molecule has 0 unspecified atom stereocenters. The van der Waals surface area contributed by atoms with Crippen molar-refractivity contribution >= 4 is 23.2 Å². The van der Waals surface area contributed by atoms with E-state index in [4.69, 9.17) is 9.47 Å². The summed E-state index contributed by atoms with van der Waals surface area (Å²) in [5.74, 6) is -7.49. The Morgan fingerprint density at radius 1 is 0.818 bits per heavy atom. The van der Waals surface area contributed by atoms with Gasteiger partial charge in [0.05, 0.1) is 24.6 Å². The van der Waals surface area contributed by atoms with Crippen molar-refractivity contribution in [3.8, 4) is 11.5 Å². The second kappa shape index (κ2) is 10.5. The Hall–Kier alpha value is -3.44. The Morgan fingerprint density at radius 3 is 1.70 bits per heavy atom. The molecule has 33 heavy (non-hydrogen) atoms. The molecule has 0 radical (unpaired) electrons. The summed E-state index contributed by atoms with van der Waals surface area (Å²) in [5.41, 5.74) is -0.162. The molecule has 0 saturated carbocycles. The van der Waals surface area contributed by atoms with E-state index in [1.54, 1.807) is 30.4 Å². The number of carbonyl (C=O) groups excluding carboxylic acids is 2. The van der Waals surface area contributed by atoms with E-state index in [2.05, 4.69) is 5.32 Å². The van der Waals surface area contributed by atoms with Crippen LogP contribution in [-0.4, -0.2) is 37.4 Å². The largest absolute Gasteiger partial charge is 0.492 e. The highest BCUT2D eigenvalue weighted by Crippen LogP contribution is 2.42. The number of anilines is 2. The number of rotatable bonds is 8. The molecule has 2 aromatic rings. The maximum absolute atomic E-state index is 12.9. The van der Waals surface area contributed by atoms with Crippen LogP contribution < -0.4 is 20.1 Å². The van der Waals surface area contributed by atoms with Crippen LogP contribution in [0.15, 0.2) is 42.5 Å². The van der Waals surface area contributed by atoms with Crippen molar-refractivity contribution in [1.82, 2.24) is 0 Å². The second-order valence-electron chi connectivity index (χ2n) is 6.54. The quantitative estimate of drug-likeness (QED) is 0.497. The lowest BCUT2D eigenvalue weighted by atomic mass is 10.1. The van der Waals surface area contributed by atoms with Gasteiger partial charge in [-0.1, -0.05) is 18.2 Å². The van der Waals surface area contributed by atoms with Crippen LogP contribution in [0.5, 0.6) is 11.5 Å². The fourth-order valence-corrected chi connectivity index (χ4v) is 2.78. The van der Waals surface area contributed by atoms with Crippen molar-refractivity contribution in [2.24, 2.45) is 5.92 Å². The van der Waals surface area contributed by atoms with Crippen LogP contribution in [0.4, 0.5) is 37.7 Å². The normalized spacial score (nSPS) is 11.8. The number of alkyl halides is 6. The molecule has 12 heteroatoms. The molecule has 0 aliphatic heterocycles. The zero-order chi connectivity index (χ0) is 24.8. The first-order valence-electron chi connectivity index (χ1n) is 9.62. The van der Waals surface area contributed by atoms with Gasteiger partial charge in [-0.25, -0.2) is 0 Å². The first kappa shape index (κ1) is 25.8. The molecule has 0 bridgehead atoms. The Kier molecular flexibility index (Phi) is 8.18. The zero-order valence-corrected chi connectivity index (χ0v) is 17.4. The lowest BCUT2D eigenvalue weighted by Gasteiger charge is -2.23. The molecule has 0 heterocycles. The highest BCUT2D eigenvalue weighted by Gasteiger charge is 2.61. The molecular weight excluding hydrogens is 458 g/mol. The summed E-state index contributed by atoms with van der Waals surface area (Å²) >= 11 is 0. The average Bonchev–Trinajstić information content (AvgIpc) is 2.69. The lowest BCUT2D eigenvalue weighted by Crippen LogP contribution is -2.45. The van der Waals surface area contributed by atoms with Crippen LogP contribution in [0.25, 0.3) is 0 Å². The minimum Gasteiger partial charge on any atom is -0.492 e. The van der Waals surface area contributed by atoms with Gasteiger partial charge in [0.15, 0.2) is 0 Å². The second-order valence-corrected chi connectivity index (χ2v) is 6.54. The monoisotopic (exact) mass is 478 g/mol. The van der Waals surface area contributed by atoms with E-state index in [-0.39, 0.29) is 36.0 Å². The standard InChI is InChI=1S/C21H20F6N2O4/c1-3-32-15-11-14(29-19(31)17(20(22,23)24)21(25,26)27)16(33-4-2)10-13(15)28-18(30)12-8-6-5-7-9-12/h5-11,17H,3-4H2,1-2H3,(H,28,30)(H,29,31). The summed E-state index contributed by atoms with van der Waals surface area (Å²) in [6.45, 7) is 3.09. The first-order chi connectivity index (χ1) is 15.4. The maximum atomic E-state index is 12.9. The molecule has 0 aliphatic carbocycles.